The van der Waals surface area contributed by atoms with Gasteiger partial charge in [-0.1, -0.05) is 12.1 Å². The van der Waals surface area contributed by atoms with Crippen LogP contribution < -0.4 is 10.6 Å². The number of likely N-dealkylation sites (tertiary alicyclic amines) is 1. The van der Waals surface area contributed by atoms with Crippen molar-refractivity contribution >= 4 is 29.7 Å². The molecule has 1 aromatic carbocycles. The van der Waals surface area contributed by atoms with Gasteiger partial charge in [0.1, 0.15) is 18.0 Å². The summed E-state index contributed by atoms with van der Waals surface area (Å²) in [6.07, 6.45) is 3.43. The fraction of sp³-hybridized carbons (Fsp3) is 0.560. The number of alkyl carbamates (subject to hydrolysis) is 1. The van der Waals surface area contributed by atoms with Crippen LogP contribution in [-0.2, 0) is 32.2 Å². The van der Waals surface area contributed by atoms with Gasteiger partial charge in [0.25, 0.3) is 5.91 Å². The molecule has 3 heterocycles. The Kier molecular flexibility index (Phi) is 6.63. The molecule has 1 unspecified atom stereocenters. The standard InChI is InChI=1S/C25H29FN4O6/c26-21-14(4-5-15-13-30(24(34)20(15)21)18-6-7-19(31)28-22(18)32)12-27-25(35)36-17-10-16(11-17)23(33)29-8-2-1-3-9-29/h4-5,16-18H,1-3,6-13H2,(H,27,35)(H,28,31,32). The van der Waals surface area contributed by atoms with E-state index in [1.54, 1.807) is 6.07 Å². The van der Waals surface area contributed by atoms with E-state index < -0.39 is 35.7 Å². The normalized spacial score (nSPS) is 25.7. The molecule has 4 aliphatic rings. The summed E-state index contributed by atoms with van der Waals surface area (Å²) in [7, 11) is 0. The highest BCUT2D eigenvalue weighted by Gasteiger charge is 2.41. The van der Waals surface area contributed by atoms with Crippen LogP contribution in [0.2, 0.25) is 0 Å². The first kappa shape index (κ1) is 24.2. The molecule has 5 amide bonds. The molecule has 1 aliphatic carbocycles. The number of nitrogens with one attached hydrogen (secondary N) is 2. The third-order valence-corrected chi connectivity index (χ3v) is 7.52. The van der Waals surface area contributed by atoms with Crippen molar-refractivity contribution in [2.24, 2.45) is 5.92 Å². The number of benzene rings is 1. The molecular weight excluding hydrogens is 471 g/mol. The van der Waals surface area contributed by atoms with Crippen LogP contribution in [0.1, 0.15) is 66.4 Å². The number of amides is 5. The van der Waals surface area contributed by atoms with Gasteiger partial charge in [-0.25, -0.2) is 9.18 Å². The van der Waals surface area contributed by atoms with Crippen LogP contribution in [0.25, 0.3) is 0 Å². The predicted molar refractivity (Wildman–Crippen MR) is 123 cm³/mol. The van der Waals surface area contributed by atoms with E-state index in [1.165, 1.54) is 11.0 Å². The minimum absolute atomic E-state index is 0.0755. The van der Waals surface area contributed by atoms with E-state index in [1.807, 2.05) is 4.90 Å². The molecular formula is C25H29FN4O6. The number of rotatable bonds is 5. The number of imide groups is 1. The van der Waals surface area contributed by atoms with Gasteiger partial charge in [0.2, 0.25) is 17.7 Å². The molecule has 3 aliphatic heterocycles. The average Bonchev–Trinajstić information content (AvgIpc) is 3.17. The van der Waals surface area contributed by atoms with Crippen LogP contribution in [0.4, 0.5) is 9.18 Å². The van der Waals surface area contributed by atoms with Gasteiger partial charge in [-0.15, -0.1) is 0 Å². The number of halogens is 1. The van der Waals surface area contributed by atoms with Crippen LogP contribution >= 0.6 is 0 Å². The largest absolute Gasteiger partial charge is 0.446 e. The van der Waals surface area contributed by atoms with Gasteiger partial charge in [0.15, 0.2) is 0 Å². The fourth-order valence-electron chi connectivity index (χ4n) is 5.39. The van der Waals surface area contributed by atoms with E-state index in [0.717, 1.165) is 32.4 Å². The summed E-state index contributed by atoms with van der Waals surface area (Å²) in [4.78, 5) is 64.4. The summed E-state index contributed by atoms with van der Waals surface area (Å²) in [6, 6.07) is 2.27. The first-order chi connectivity index (χ1) is 17.3. The summed E-state index contributed by atoms with van der Waals surface area (Å²) in [6.45, 7) is 1.49. The molecule has 5 rings (SSSR count). The Hall–Kier alpha value is -3.50. The highest BCUT2D eigenvalue weighted by molar-refractivity contribution is 6.05. The van der Waals surface area contributed by atoms with E-state index in [-0.39, 0.29) is 55.0 Å². The lowest BCUT2D eigenvalue weighted by molar-refractivity contribution is -0.143. The Bertz CT molecular complexity index is 1110. The Labute approximate surface area is 207 Å². The third-order valence-electron chi connectivity index (χ3n) is 7.52. The van der Waals surface area contributed by atoms with Gasteiger partial charge in [0, 0.05) is 44.1 Å². The maximum Gasteiger partial charge on any atom is 0.407 e. The second-order valence-corrected chi connectivity index (χ2v) is 9.91. The lowest BCUT2D eigenvalue weighted by atomic mass is 9.81. The first-order valence-corrected chi connectivity index (χ1v) is 12.5. The molecule has 0 radical (unpaired) electrons. The van der Waals surface area contributed by atoms with Gasteiger partial charge < -0.3 is 19.9 Å². The van der Waals surface area contributed by atoms with Gasteiger partial charge in [-0.2, -0.15) is 0 Å². The molecule has 36 heavy (non-hydrogen) atoms. The predicted octanol–water partition coefficient (Wildman–Crippen LogP) is 1.60. The third kappa shape index (κ3) is 4.66. The molecule has 0 spiro atoms. The zero-order valence-electron chi connectivity index (χ0n) is 19.9. The van der Waals surface area contributed by atoms with Crippen LogP contribution in [0.15, 0.2) is 12.1 Å². The van der Waals surface area contributed by atoms with Crippen LogP contribution in [0.3, 0.4) is 0 Å². The topological polar surface area (TPSA) is 125 Å². The number of nitrogens with zero attached hydrogens (tertiary/aromatic N) is 2. The van der Waals surface area contributed by atoms with Gasteiger partial charge >= 0.3 is 6.09 Å². The molecule has 192 valence electrons. The summed E-state index contributed by atoms with van der Waals surface area (Å²) in [5, 5.41) is 4.73. The lowest BCUT2D eigenvalue weighted by Crippen LogP contribution is -2.52. The zero-order chi connectivity index (χ0) is 25.4. The molecule has 11 heteroatoms. The molecule has 0 aromatic heterocycles. The van der Waals surface area contributed by atoms with Crippen molar-refractivity contribution in [3.8, 4) is 0 Å². The van der Waals surface area contributed by atoms with Crippen LogP contribution in [0.5, 0.6) is 0 Å². The summed E-state index contributed by atoms with van der Waals surface area (Å²) in [5.74, 6) is -2.30. The van der Waals surface area contributed by atoms with Crippen molar-refractivity contribution < 1.29 is 33.1 Å². The van der Waals surface area contributed by atoms with Crippen molar-refractivity contribution in [1.29, 1.82) is 0 Å². The van der Waals surface area contributed by atoms with E-state index >= 15 is 4.39 Å². The molecule has 3 fully saturated rings. The summed E-state index contributed by atoms with van der Waals surface area (Å²) < 4.78 is 20.6. The monoisotopic (exact) mass is 500 g/mol. The maximum absolute atomic E-state index is 15.2. The average molecular weight is 501 g/mol. The maximum atomic E-state index is 15.2. The number of piperidine rings is 2. The van der Waals surface area contributed by atoms with Gasteiger partial charge in [-0.05, 0) is 44.1 Å². The van der Waals surface area contributed by atoms with E-state index in [2.05, 4.69) is 10.6 Å². The number of fused-ring (bicyclic) bond motifs is 1. The highest BCUT2D eigenvalue weighted by Crippen LogP contribution is 2.33. The highest BCUT2D eigenvalue weighted by atomic mass is 19.1. The number of carbonyl (C=O) groups is 5. The molecule has 0 bridgehead atoms. The van der Waals surface area contributed by atoms with Crippen molar-refractivity contribution in [2.75, 3.05) is 13.1 Å². The van der Waals surface area contributed by atoms with E-state index in [4.69, 9.17) is 4.74 Å². The fourth-order valence-corrected chi connectivity index (χ4v) is 5.39. The minimum Gasteiger partial charge on any atom is -0.446 e. The zero-order valence-corrected chi connectivity index (χ0v) is 19.9. The van der Waals surface area contributed by atoms with Crippen molar-refractivity contribution in [3.05, 3.63) is 34.6 Å². The lowest BCUT2D eigenvalue weighted by Gasteiger charge is -2.38. The minimum atomic E-state index is -0.827. The number of hydrogen-bond donors (Lipinski definition) is 2. The molecule has 1 atom stereocenters. The molecule has 1 aromatic rings. The Morgan fingerprint density at radius 3 is 2.58 bits per heavy atom. The van der Waals surface area contributed by atoms with Crippen molar-refractivity contribution in [2.45, 2.75) is 70.2 Å². The number of ether oxygens (including phenoxy) is 1. The molecule has 1 saturated carbocycles. The van der Waals surface area contributed by atoms with Crippen LogP contribution in [0, 0.1) is 11.7 Å². The quantitative estimate of drug-likeness (QED) is 0.592. The molecule has 2 saturated heterocycles. The van der Waals surface area contributed by atoms with Crippen molar-refractivity contribution in [1.82, 2.24) is 20.4 Å². The second kappa shape index (κ2) is 9.87. The van der Waals surface area contributed by atoms with Gasteiger partial charge in [0.05, 0.1) is 5.56 Å². The molecule has 2 N–H and O–H groups in total. The number of hydrogen-bond acceptors (Lipinski definition) is 6. The SMILES string of the molecule is O=C1CCC(N2Cc3ccc(CNC(=O)OC4CC(C(=O)N5CCCCC5)C4)c(F)c3C2=O)C(=O)N1. The Balaban J connectivity index is 1.12. The molecule has 10 nitrogen and oxygen atoms in total. The summed E-state index contributed by atoms with van der Waals surface area (Å²) in [5.41, 5.74) is 0.453. The van der Waals surface area contributed by atoms with E-state index in [9.17, 15) is 24.0 Å². The first-order valence-electron chi connectivity index (χ1n) is 12.5. The van der Waals surface area contributed by atoms with Gasteiger partial charge in [-0.3, -0.25) is 24.5 Å². The van der Waals surface area contributed by atoms with Crippen LogP contribution in [-0.4, -0.2) is 64.8 Å². The second-order valence-electron chi connectivity index (χ2n) is 9.91. The number of carbonyl (C=O) groups excluding carboxylic acids is 5. The van der Waals surface area contributed by atoms with Crippen molar-refractivity contribution in [3.63, 3.8) is 0 Å². The Morgan fingerprint density at radius 1 is 1.11 bits per heavy atom. The Morgan fingerprint density at radius 2 is 1.86 bits per heavy atom. The van der Waals surface area contributed by atoms with E-state index in [0.29, 0.717) is 18.4 Å². The summed E-state index contributed by atoms with van der Waals surface area (Å²) >= 11 is 0. The smallest absolute Gasteiger partial charge is 0.407 e.